The van der Waals surface area contributed by atoms with Crippen LogP contribution in [0.1, 0.15) is 28.5 Å². The van der Waals surface area contributed by atoms with Crippen molar-refractivity contribution in [2.24, 2.45) is 0 Å². The van der Waals surface area contributed by atoms with Crippen LogP contribution in [-0.2, 0) is 0 Å². The first-order chi connectivity index (χ1) is 12.0. The molecule has 2 heterocycles. The Balaban J connectivity index is 1.91. The van der Waals surface area contributed by atoms with E-state index in [0.29, 0.717) is 18.7 Å². The summed E-state index contributed by atoms with van der Waals surface area (Å²) in [6, 6.07) is 11.1. The van der Waals surface area contributed by atoms with E-state index in [4.69, 9.17) is 4.74 Å². The lowest BCUT2D eigenvalue weighted by atomic mass is 10.0. The Kier molecular flexibility index (Phi) is 4.90. The van der Waals surface area contributed by atoms with E-state index in [1.54, 1.807) is 24.3 Å². The standard InChI is InChI=1S/C19H23N3O3/c1-21(2)14-7-8-20-17(10-14)19(24)22-12-15(23)11-18(22)13-5-4-6-16(9-13)25-3/h4-10,15,18,23H,11-12H2,1-3H3/t15-,18-/m1/s1. The molecule has 1 fully saturated rings. The Labute approximate surface area is 147 Å². The van der Waals surface area contributed by atoms with Crippen molar-refractivity contribution in [2.75, 3.05) is 32.6 Å². The van der Waals surface area contributed by atoms with Gasteiger partial charge in [-0.3, -0.25) is 9.78 Å². The van der Waals surface area contributed by atoms with Crippen molar-refractivity contribution >= 4 is 11.6 Å². The molecule has 0 bridgehead atoms. The van der Waals surface area contributed by atoms with Gasteiger partial charge in [-0.05, 0) is 36.2 Å². The topological polar surface area (TPSA) is 65.9 Å². The highest BCUT2D eigenvalue weighted by Crippen LogP contribution is 2.34. The van der Waals surface area contributed by atoms with Gasteiger partial charge in [-0.15, -0.1) is 0 Å². The molecule has 0 spiro atoms. The summed E-state index contributed by atoms with van der Waals surface area (Å²) in [5.74, 6) is 0.562. The highest BCUT2D eigenvalue weighted by molar-refractivity contribution is 5.93. The highest BCUT2D eigenvalue weighted by atomic mass is 16.5. The lowest BCUT2D eigenvalue weighted by molar-refractivity contribution is 0.0710. The molecule has 2 atom stereocenters. The fourth-order valence-corrected chi connectivity index (χ4v) is 3.16. The molecule has 2 aromatic rings. The first-order valence-corrected chi connectivity index (χ1v) is 8.26. The quantitative estimate of drug-likeness (QED) is 0.923. The summed E-state index contributed by atoms with van der Waals surface area (Å²) in [5, 5.41) is 10.1. The Bertz CT molecular complexity index is 763. The van der Waals surface area contributed by atoms with E-state index in [1.807, 2.05) is 49.3 Å². The number of carbonyl (C=O) groups is 1. The molecular weight excluding hydrogens is 318 g/mol. The van der Waals surface area contributed by atoms with Crippen molar-refractivity contribution < 1.29 is 14.6 Å². The van der Waals surface area contributed by atoms with Crippen LogP contribution < -0.4 is 9.64 Å². The zero-order valence-corrected chi connectivity index (χ0v) is 14.7. The Morgan fingerprint density at radius 1 is 1.32 bits per heavy atom. The van der Waals surface area contributed by atoms with Crippen LogP contribution in [0.2, 0.25) is 0 Å². The van der Waals surface area contributed by atoms with Crippen molar-refractivity contribution in [2.45, 2.75) is 18.6 Å². The van der Waals surface area contributed by atoms with Crippen LogP contribution in [0.4, 0.5) is 5.69 Å². The molecular formula is C19H23N3O3. The number of aliphatic hydroxyl groups is 1. The molecule has 0 aliphatic carbocycles. The molecule has 132 valence electrons. The maximum atomic E-state index is 13.0. The number of anilines is 1. The Hall–Kier alpha value is -2.60. The number of aromatic nitrogens is 1. The minimum Gasteiger partial charge on any atom is -0.497 e. The van der Waals surface area contributed by atoms with Gasteiger partial charge in [0.25, 0.3) is 5.91 Å². The van der Waals surface area contributed by atoms with Crippen molar-refractivity contribution in [3.8, 4) is 5.75 Å². The van der Waals surface area contributed by atoms with Gasteiger partial charge in [0.1, 0.15) is 11.4 Å². The van der Waals surface area contributed by atoms with Gasteiger partial charge < -0.3 is 19.6 Å². The maximum Gasteiger partial charge on any atom is 0.273 e. The second-order valence-electron chi connectivity index (χ2n) is 6.43. The molecule has 1 amide bonds. The van der Waals surface area contributed by atoms with Gasteiger partial charge in [-0.25, -0.2) is 0 Å². The third-order valence-electron chi connectivity index (χ3n) is 4.50. The lowest BCUT2D eigenvalue weighted by Crippen LogP contribution is -2.32. The van der Waals surface area contributed by atoms with E-state index in [9.17, 15) is 9.90 Å². The summed E-state index contributed by atoms with van der Waals surface area (Å²) in [5.41, 5.74) is 2.25. The molecule has 6 nitrogen and oxygen atoms in total. The van der Waals surface area contributed by atoms with Crippen LogP contribution in [0, 0.1) is 0 Å². The first kappa shape index (κ1) is 17.2. The number of β-amino-alcohol motifs (C(OH)–C–C–N with tert-alkyl or cyclic N) is 1. The summed E-state index contributed by atoms with van der Waals surface area (Å²) in [6.07, 6.45) is 1.60. The lowest BCUT2D eigenvalue weighted by Gasteiger charge is -2.25. The van der Waals surface area contributed by atoms with E-state index in [0.717, 1.165) is 17.0 Å². The number of hydrogen-bond acceptors (Lipinski definition) is 5. The number of amides is 1. The summed E-state index contributed by atoms with van der Waals surface area (Å²) >= 11 is 0. The van der Waals surface area contributed by atoms with E-state index < -0.39 is 6.10 Å². The van der Waals surface area contributed by atoms with Gasteiger partial charge in [-0.2, -0.15) is 0 Å². The van der Waals surface area contributed by atoms with Gasteiger partial charge in [0.15, 0.2) is 0 Å². The molecule has 1 aromatic carbocycles. The van der Waals surface area contributed by atoms with Gasteiger partial charge >= 0.3 is 0 Å². The van der Waals surface area contributed by atoms with Crippen LogP contribution in [0.3, 0.4) is 0 Å². The SMILES string of the molecule is COc1cccc([C@H]2C[C@@H](O)CN2C(=O)c2cc(N(C)C)ccn2)c1. The van der Waals surface area contributed by atoms with Crippen molar-refractivity contribution in [3.05, 3.63) is 53.9 Å². The number of methoxy groups -OCH3 is 1. The van der Waals surface area contributed by atoms with Crippen LogP contribution in [-0.4, -0.2) is 54.8 Å². The Morgan fingerprint density at radius 3 is 2.84 bits per heavy atom. The average Bonchev–Trinajstić information content (AvgIpc) is 3.03. The molecule has 3 rings (SSSR count). The van der Waals surface area contributed by atoms with Gasteiger partial charge in [0, 0.05) is 32.5 Å². The molecule has 0 unspecified atom stereocenters. The number of hydrogen-bond donors (Lipinski definition) is 1. The van der Waals surface area contributed by atoms with E-state index in [-0.39, 0.29) is 11.9 Å². The molecule has 0 radical (unpaired) electrons. The molecule has 6 heteroatoms. The second-order valence-corrected chi connectivity index (χ2v) is 6.43. The summed E-state index contributed by atoms with van der Waals surface area (Å²) in [7, 11) is 5.45. The number of likely N-dealkylation sites (tertiary alicyclic amines) is 1. The average molecular weight is 341 g/mol. The van der Waals surface area contributed by atoms with Crippen molar-refractivity contribution in [1.29, 1.82) is 0 Å². The molecule has 1 aromatic heterocycles. The van der Waals surface area contributed by atoms with E-state index in [1.165, 1.54) is 0 Å². The first-order valence-electron chi connectivity index (χ1n) is 8.26. The minimum atomic E-state index is -0.544. The number of pyridine rings is 1. The normalized spacial score (nSPS) is 19.8. The third kappa shape index (κ3) is 3.58. The number of nitrogens with zero attached hydrogens (tertiary/aromatic N) is 3. The van der Waals surface area contributed by atoms with Crippen LogP contribution in [0.25, 0.3) is 0 Å². The summed E-state index contributed by atoms with van der Waals surface area (Å²) in [6.45, 7) is 0.300. The number of benzene rings is 1. The molecule has 25 heavy (non-hydrogen) atoms. The maximum absolute atomic E-state index is 13.0. The van der Waals surface area contributed by atoms with E-state index in [2.05, 4.69) is 4.98 Å². The van der Waals surface area contributed by atoms with Crippen molar-refractivity contribution in [1.82, 2.24) is 9.88 Å². The fourth-order valence-electron chi connectivity index (χ4n) is 3.16. The Morgan fingerprint density at radius 2 is 2.12 bits per heavy atom. The molecule has 1 aliphatic heterocycles. The highest BCUT2D eigenvalue weighted by Gasteiger charge is 2.36. The number of carbonyl (C=O) groups excluding carboxylic acids is 1. The zero-order valence-electron chi connectivity index (χ0n) is 14.7. The minimum absolute atomic E-state index is 0.173. The third-order valence-corrected chi connectivity index (χ3v) is 4.50. The zero-order chi connectivity index (χ0) is 18.0. The van der Waals surface area contributed by atoms with Crippen LogP contribution in [0.5, 0.6) is 5.75 Å². The number of ether oxygens (including phenoxy) is 1. The molecule has 1 N–H and O–H groups in total. The summed E-state index contributed by atoms with van der Waals surface area (Å²) in [4.78, 5) is 20.9. The van der Waals surface area contributed by atoms with Gasteiger partial charge in [0.05, 0.1) is 19.3 Å². The van der Waals surface area contributed by atoms with Gasteiger partial charge in [0.2, 0.25) is 0 Å². The fraction of sp³-hybridized carbons (Fsp3) is 0.368. The van der Waals surface area contributed by atoms with Crippen molar-refractivity contribution in [3.63, 3.8) is 0 Å². The number of aliphatic hydroxyl groups excluding tert-OH is 1. The predicted molar refractivity (Wildman–Crippen MR) is 96.0 cm³/mol. The molecule has 1 aliphatic rings. The largest absolute Gasteiger partial charge is 0.497 e. The number of rotatable bonds is 4. The molecule has 0 saturated carbocycles. The van der Waals surface area contributed by atoms with Crippen LogP contribution in [0.15, 0.2) is 42.6 Å². The predicted octanol–water partition coefficient (Wildman–Crippen LogP) is 2.10. The monoisotopic (exact) mass is 341 g/mol. The van der Waals surface area contributed by atoms with E-state index >= 15 is 0 Å². The smallest absolute Gasteiger partial charge is 0.273 e. The summed E-state index contributed by atoms with van der Waals surface area (Å²) < 4.78 is 5.28. The van der Waals surface area contributed by atoms with Gasteiger partial charge in [-0.1, -0.05) is 12.1 Å². The van der Waals surface area contributed by atoms with Crippen LogP contribution >= 0.6 is 0 Å². The molecule has 1 saturated heterocycles. The second kappa shape index (κ2) is 7.11.